The summed E-state index contributed by atoms with van der Waals surface area (Å²) < 4.78 is 0. The molecule has 0 spiro atoms. The van der Waals surface area contributed by atoms with E-state index in [9.17, 15) is 14.4 Å². The fourth-order valence-corrected chi connectivity index (χ4v) is 2.56. The first kappa shape index (κ1) is 10.9. The molecule has 0 aromatic carbocycles. The van der Waals surface area contributed by atoms with Crippen LogP contribution in [0.4, 0.5) is 0 Å². The van der Waals surface area contributed by atoms with Gasteiger partial charge in [-0.1, -0.05) is 19.1 Å². The van der Waals surface area contributed by atoms with Crippen LogP contribution in [0.5, 0.6) is 0 Å². The quantitative estimate of drug-likeness (QED) is 0.506. The highest BCUT2D eigenvalue weighted by molar-refractivity contribution is 6.07. The third-order valence-corrected chi connectivity index (χ3v) is 3.48. The van der Waals surface area contributed by atoms with E-state index in [0.29, 0.717) is 0 Å². The summed E-state index contributed by atoms with van der Waals surface area (Å²) in [5.74, 6) is -4.02. The van der Waals surface area contributed by atoms with Crippen molar-refractivity contribution in [1.29, 1.82) is 0 Å². The maximum Gasteiger partial charge on any atom is 0.307 e. The molecule has 1 fully saturated rings. The smallest absolute Gasteiger partial charge is 0.307 e. The van der Waals surface area contributed by atoms with Crippen LogP contribution in [0.3, 0.4) is 0 Å². The molecule has 2 rings (SSSR count). The van der Waals surface area contributed by atoms with E-state index in [0.717, 1.165) is 4.90 Å². The van der Waals surface area contributed by atoms with E-state index in [1.165, 1.54) is 7.05 Å². The molecule has 4 atom stereocenters. The van der Waals surface area contributed by atoms with E-state index in [1.807, 2.05) is 0 Å². The highest BCUT2D eigenvalue weighted by atomic mass is 16.4. The van der Waals surface area contributed by atoms with E-state index >= 15 is 0 Å². The minimum atomic E-state index is -1.01. The van der Waals surface area contributed by atoms with Gasteiger partial charge in [0.1, 0.15) is 0 Å². The molecule has 16 heavy (non-hydrogen) atoms. The van der Waals surface area contributed by atoms with Gasteiger partial charge in [0, 0.05) is 7.05 Å². The molecule has 1 aliphatic heterocycles. The van der Waals surface area contributed by atoms with Crippen LogP contribution in [-0.2, 0) is 14.4 Å². The Kier molecular flexibility index (Phi) is 2.33. The second-order valence-corrected chi connectivity index (χ2v) is 4.40. The van der Waals surface area contributed by atoms with Gasteiger partial charge < -0.3 is 5.11 Å². The van der Waals surface area contributed by atoms with Crippen LogP contribution in [0.25, 0.3) is 0 Å². The number of fused-ring (bicyclic) bond motifs is 1. The van der Waals surface area contributed by atoms with Crippen molar-refractivity contribution in [3.05, 3.63) is 12.2 Å². The number of carbonyl (C=O) groups excluding carboxylic acids is 2. The number of carboxylic acid groups (broad SMARTS) is 1. The number of imide groups is 1. The van der Waals surface area contributed by atoms with Crippen molar-refractivity contribution in [2.24, 2.45) is 23.7 Å². The lowest BCUT2D eigenvalue weighted by atomic mass is 9.72. The Morgan fingerprint density at radius 2 is 1.94 bits per heavy atom. The predicted molar refractivity (Wildman–Crippen MR) is 54.2 cm³/mol. The van der Waals surface area contributed by atoms with Gasteiger partial charge in [0.2, 0.25) is 11.8 Å². The number of nitrogens with zero attached hydrogens (tertiary/aromatic N) is 1. The molecular weight excluding hydrogens is 210 g/mol. The van der Waals surface area contributed by atoms with Gasteiger partial charge in [-0.2, -0.15) is 0 Å². The first-order valence-corrected chi connectivity index (χ1v) is 5.17. The van der Waals surface area contributed by atoms with Gasteiger partial charge in [0.25, 0.3) is 0 Å². The van der Waals surface area contributed by atoms with Gasteiger partial charge in [-0.05, 0) is 5.92 Å². The average Bonchev–Trinajstić information content (AvgIpc) is 2.43. The first-order chi connectivity index (χ1) is 7.45. The third kappa shape index (κ3) is 1.27. The van der Waals surface area contributed by atoms with Crippen LogP contribution >= 0.6 is 0 Å². The van der Waals surface area contributed by atoms with E-state index in [2.05, 4.69) is 0 Å². The lowest BCUT2D eigenvalue weighted by Gasteiger charge is -2.28. The second-order valence-electron chi connectivity index (χ2n) is 4.40. The maximum absolute atomic E-state index is 11.8. The Labute approximate surface area is 92.7 Å². The van der Waals surface area contributed by atoms with Crippen molar-refractivity contribution < 1.29 is 19.5 Å². The van der Waals surface area contributed by atoms with Gasteiger partial charge >= 0.3 is 5.97 Å². The van der Waals surface area contributed by atoms with Gasteiger partial charge in [0.05, 0.1) is 17.8 Å². The molecule has 0 saturated carbocycles. The van der Waals surface area contributed by atoms with Gasteiger partial charge in [0.15, 0.2) is 0 Å². The van der Waals surface area contributed by atoms with Crippen LogP contribution in [0, 0.1) is 23.7 Å². The minimum Gasteiger partial charge on any atom is -0.481 e. The van der Waals surface area contributed by atoms with Crippen LogP contribution in [0.2, 0.25) is 0 Å². The normalized spacial score (nSPS) is 37.8. The summed E-state index contributed by atoms with van der Waals surface area (Å²) >= 11 is 0. The van der Waals surface area contributed by atoms with E-state index in [1.54, 1.807) is 19.1 Å². The standard InChI is InChI=1S/C11H13NO4/c1-5-3-4-6-8(7(5)11(15)16)10(14)12(2)9(6)13/h3-8H,1-2H3,(H,15,16)/t5-,6+,7-,8+/m1/s1. The van der Waals surface area contributed by atoms with Crippen LogP contribution in [0.15, 0.2) is 12.2 Å². The number of aliphatic carboxylic acids is 1. The van der Waals surface area contributed by atoms with Gasteiger partial charge in [-0.3, -0.25) is 19.3 Å². The van der Waals surface area contributed by atoms with Crippen molar-refractivity contribution in [3.8, 4) is 0 Å². The number of hydrogen-bond acceptors (Lipinski definition) is 3. The molecule has 0 radical (unpaired) electrons. The Balaban J connectivity index is 2.44. The monoisotopic (exact) mass is 223 g/mol. The Bertz CT molecular complexity index is 401. The van der Waals surface area contributed by atoms with Crippen LogP contribution < -0.4 is 0 Å². The van der Waals surface area contributed by atoms with E-state index < -0.39 is 23.7 Å². The van der Waals surface area contributed by atoms with Crippen molar-refractivity contribution in [2.75, 3.05) is 7.05 Å². The summed E-state index contributed by atoms with van der Waals surface area (Å²) in [7, 11) is 1.40. The molecule has 0 aromatic rings. The SMILES string of the molecule is C[C@@H]1C=C[C@@H]2C(=O)N(C)C(=O)[C@@H]2[C@@H]1C(=O)O. The summed E-state index contributed by atoms with van der Waals surface area (Å²) in [5.41, 5.74) is 0. The van der Waals surface area contributed by atoms with Crippen LogP contribution in [0.1, 0.15) is 6.92 Å². The lowest BCUT2D eigenvalue weighted by molar-refractivity contribution is -0.150. The highest BCUT2D eigenvalue weighted by Crippen LogP contribution is 2.40. The van der Waals surface area contributed by atoms with Gasteiger partial charge in [-0.25, -0.2) is 0 Å². The maximum atomic E-state index is 11.8. The summed E-state index contributed by atoms with van der Waals surface area (Å²) in [6.07, 6.45) is 3.38. The summed E-state index contributed by atoms with van der Waals surface area (Å²) in [4.78, 5) is 35.7. The molecule has 2 aliphatic rings. The highest BCUT2D eigenvalue weighted by Gasteiger charge is 2.53. The number of carbonyl (C=O) groups is 3. The molecule has 0 bridgehead atoms. The number of allylic oxidation sites excluding steroid dienone is 1. The molecule has 86 valence electrons. The van der Waals surface area contributed by atoms with Crippen molar-refractivity contribution in [3.63, 3.8) is 0 Å². The zero-order chi connectivity index (χ0) is 12.0. The number of amides is 2. The van der Waals surface area contributed by atoms with E-state index in [-0.39, 0.29) is 17.7 Å². The molecule has 2 amide bonds. The summed E-state index contributed by atoms with van der Waals surface area (Å²) in [5, 5.41) is 9.13. The topological polar surface area (TPSA) is 74.7 Å². The molecule has 5 nitrogen and oxygen atoms in total. The lowest BCUT2D eigenvalue weighted by Crippen LogP contribution is -2.38. The third-order valence-electron chi connectivity index (χ3n) is 3.48. The molecule has 1 heterocycles. The second kappa shape index (κ2) is 3.43. The first-order valence-electron chi connectivity index (χ1n) is 5.17. The molecule has 1 N–H and O–H groups in total. The molecular formula is C11H13NO4. The fourth-order valence-electron chi connectivity index (χ4n) is 2.56. The van der Waals surface area contributed by atoms with Gasteiger partial charge in [-0.15, -0.1) is 0 Å². The predicted octanol–water partition coefficient (Wildman–Crippen LogP) is 0.124. The fraction of sp³-hybridized carbons (Fsp3) is 0.545. The Hall–Kier alpha value is -1.65. The number of likely N-dealkylation sites (tertiary alicyclic amines) is 1. The van der Waals surface area contributed by atoms with Crippen molar-refractivity contribution >= 4 is 17.8 Å². The zero-order valence-electron chi connectivity index (χ0n) is 9.08. The number of carboxylic acids is 1. The van der Waals surface area contributed by atoms with Crippen LogP contribution in [-0.4, -0.2) is 34.8 Å². The Morgan fingerprint density at radius 3 is 2.50 bits per heavy atom. The molecule has 1 aliphatic carbocycles. The minimum absolute atomic E-state index is 0.220. The molecule has 0 unspecified atom stereocenters. The average molecular weight is 223 g/mol. The summed E-state index contributed by atoms with van der Waals surface area (Å²) in [6, 6.07) is 0. The number of hydrogen-bond donors (Lipinski definition) is 1. The van der Waals surface area contributed by atoms with E-state index in [4.69, 9.17) is 5.11 Å². The molecule has 1 saturated heterocycles. The largest absolute Gasteiger partial charge is 0.481 e. The molecule has 0 aromatic heterocycles. The number of rotatable bonds is 1. The van der Waals surface area contributed by atoms with Crippen molar-refractivity contribution in [2.45, 2.75) is 6.92 Å². The molecule has 5 heteroatoms. The zero-order valence-corrected chi connectivity index (χ0v) is 9.08. The van der Waals surface area contributed by atoms with Crippen molar-refractivity contribution in [1.82, 2.24) is 4.90 Å². The Morgan fingerprint density at radius 1 is 1.31 bits per heavy atom. The summed E-state index contributed by atoms with van der Waals surface area (Å²) in [6.45, 7) is 1.75.